The first-order chi connectivity index (χ1) is 19.9. The molecule has 0 spiro atoms. The van der Waals surface area contributed by atoms with Crippen LogP contribution in [0, 0.1) is 0 Å². The Balaban J connectivity index is 1.50. The molecule has 1 fully saturated rings. The van der Waals surface area contributed by atoms with Gasteiger partial charge in [-0.3, -0.25) is 29.3 Å². The summed E-state index contributed by atoms with van der Waals surface area (Å²) in [6.45, 7) is 2.95. The van der Waals surface area contributed by atoms with Gasteiger partial charge in [-0.1, -0.05) is 54.6 Å². The molecule has 41 heavy (non-hydrogen) atoms. The molecule has 0 radical (unpaired) electrons. The number of likely N-dealkylation sites (N-methyl/N-ethyl adjacent to an activating group) is 2. The van der Waals surface area contributed by atoms with Gasteiger partial charge < -0.3 is 15.0 Å². The molecule has 10 heteroatoms. The fourth-order valence-electron chi connectivity index (χ4n) is 4.88. The molecule has 2 aliphatic heterocycles. The minimum Gasteiger partial charge on any atom is -0.379 e. The number of ether oxygens (including phenoxy) is 1. The first-order valence-electron chi connectivity index (χ1n) is 13.6. The Morgan fingerprint density at radius 3 is 2.27 bits per heavy atom. The average molecular weight is 555 g/mol. The number of aliphatic imine (C=N–C) groups is 1. The fourth-order valence-corrected chi connectivity index (χ4v) is 4.88. The highest BCUT2D eigenvalue weighted by atomic mass is 16.5. The second kappa shape index (κ2) is 12.8. The molecule has 2 aliphatic rings. The Bertz CT molecular complexity index is 1410. The van der Waals surface area contributed by atoms with Crippen molar-refractivity contribution >= 4 is 40.6 Å². The second-order valence-corrected chi connectivity index (χ2v) is 9.97. The Morgan fingerprint density at radius 1 is 0.927 bits per heavy atom. The number of nitrogens with zero attached hydrogens (tertiary/aromatic N) is 5. The van der Waals surface area contributed by atoms with Gasteiger partial charge >= 0.3 is 6.03 Å². The first-order valence-corrected chi connectivity index (χ1v) is 13.6. The van der Waals surface area contributed by atoms with Crippen LogP contribution in [-0.2, 0) is 14.3 Å². The highest BCUT2D eigenvalue weighted by Crippen LogP contribution is 2.28. The van der Waals surface area contributed by atoms with E-state index in [0.29, 0.717) is 42.5 Å². The van der Waals surface area contributed by atoms with Crippen molar-refractivity contribution in [3.05, 3.63) is 90.5 Å². The van der Waals surface area contributed by atoms with Crippen molar-refractivity contribution in [3.8, 4) is 0 Å². The predicted molar refractivity (Wildman–Crippen MR) is 159 cm³/mol. The van der Waals surface area contributed by atoms with E-state index in [1.54, 1.807) is 26.2 Å². The summed E-state index contributed by atoms with van der Waals surface area (Å²) in [7, 11) is 3.23. The van der Waals surface area contributed by atoms with E-state index in [4.69, 9.17) is 9.73 Å². The van der Waals surface area contributed by atoms with E-state index in [1.165, 1.54) is 14.7 Å². The number of hydrogen-bond donors (Lipinski definition) is 1. The molecule has 0 aromatic heterocycles. The van der Waals surface area contributed by atoms with Gasteiger partial charge in [0.2, 0.25) is 12.1 Å². The third-order valence-corrected chi connectivity index (χ3v) is 7.27. The lowest BCUT2D eigenvalue weighted by molar-refractivity contribution is -0.124. The summed E-state index contributed by atoms with van der Waals surface area (Å²) in [5, 5.41) is 2.84. The third-order valence-electron chi connectivity index (χ3n) is 7.27. The van der Waals surface area contributed by atoms with Crippen molar-refractivity contribution in [2.24, 2.45) is 4.99 Å². The Labute approximate surface area is 239 Å². The Kier molecular flexibility index (Phi) is 8.71. The molecule has 5 rings (SSSR count). The number of amides is 4. The highest BCUT2D eigenvalue weighted by Gasteiger charge is 2.37. The molecular weight excluding hydrogens is 520 g/mol. The van der Waals surface area contributed by atoms with Gasteiger partial charge in [-0.05, 0) is 30.3 Å². The highest BCUT2D eigenvalue weighted by molar-refractivity contribution is 6.16. The molecule has 1 unspecified atom stereocenters. The summed E-state index contributed by atoms with van der Waals surface area (Å²) in [6, 6.07) is 25.3. The van der Waals surface area contributed by atoms with E-state index in [2.05, 4.69) is 10.2 Å². The van der Waals surface area contributed by atoms with Gasteiger partial charge in [0, 0.05) is 50.7 Å². The maximum Gasteiger partial charge on any atom is 0.323 e. The molecular formula is C31H34N6O4. The van der Waals surface area contributed by atoms with Crippen LogP contribution < -0.4 is 15.1 Å². The number of para-hydroxylation sites is 3. The molecule has 1 atom stereocenters. The molecule has 1 saturated heterocycles. The van der Waals surface area contributed by atoms with Gasteiger partial charge in [-0.2, -0.15) is 0 Å². The van der Waals surface area contributed by atoms with Crippen LogP contribution in [0.3, 0.4) is 0 Å². The molecule has 10 nitrogen and oxygen atoms in total. The van der Waals surface area contributed by atoms with Crippen molar-refractivity contribution in [2.75, 3.05) is 68.6 Å². The van der Waals surface area contributed by atoms with Crippen LogP contribution in [0.25, 0.3) is 0 Å². The van der Waals surface area contributed by atoms with E-state index in [0.717, 1.165) is 18.7 Å². The van der Waals surface area contributed by atoms with E-state index in [-0.39, 0.29) is 12.5 Å². The van der Waals surface area contributed by atoms with Crippen LogP contribution in [0.4, 0.5) is 21.9 Å². The number of benzene rings is 3. The summed E-state index contributed by atoms with van der Waals surface area (Å²) in [4.78, 5) is 52.5. The zero-order valence-corrected chi connectivity index (χ0v) is 23.3. The first kappa shape index (κ1) is 28.0. The number of urea groups is 1. The van der Waals surface area contributed by atoms with Crippen LogP contribution in [0.1, 0.15) is 5.56 Å². The third kappa shape index (κ3) is 6.45. The van der Waals surface area contributed by atoms with E-state index >= 15 is 0 Å². The summed E-state index contributed by atoms with van der Waals surface area (Å²) in [5.74, 6) is -0.735. The summed E-state index contributed by atoms with van der Waals surface area (Å²) in [5.41, 5.74) is 3.32. The average Bonchev–Trinajstić information content (AvgIpc) is 3.12. The summed E-state index contributed by atoms with van der Waals surface area (Å²) < 4.78 is 5.52. The summed E-state index contributed by atoms with van der Waals surface area (Å²) >= 11 is 0. The minimum atomic E-state index is -1.18. The number of hydrogen-bond acceptors (Lipinski definition) is 6. The van der Waals surface area contributed by atoms with Crippen LogP contribution in [-0.4, -0.2) is 93.0 Å². The SMILES string of the molecule is CN(C(=O)CN1C(=O)C(N(C)C(=O)Nc2ccccc2)N=C(CN2CCOCC2)c2ccccc21)c1ccccc1. The molecule has 4 amide bonds. The van der Waals surface area contributed by atoms with Crippen LogP contribution in [0.15, 0.2) is 89.9 Å². The van der Waals surface area contributed by atoms with Crippen molar-refractivity contribution in [2.45, 2.75) is 6.17 Å². The van der Waals surface area contributed by atoms with Gasteiger partial charge in [0.25, 0.3) is 5.91 Å². The fraction of sp³-hybridized carbons (Fsp3) is 0.290. The lowest BCUT2D eigenvalue weighted by Gasteiger charge is -2.30. The molecule has 2 heterocycles. The molecule has 0 aliphatic carbocycles. The zero-order valence-electron chi connectivity index (χ0n) is 23.3. The second-order valence-electron chi connectivity index (χ2n) is 9.97. The van der Waals surface area contributed by atoms with Crippen molar-refractivity contribution < 1.29 is 19.1 Å². The normalized spacial score (nSPS) is 17.2. The number of carbonyl (C=O) groups is 3. The lowest BCUT2D eigenvalue weighted by Crippen LogP contribution is -2.52. The predicted octanol–water partition coefficient (Wildman–Crippen LogP) is 3.31. The number of carbonyl (C=O) groups excluding carboxylic acids is 3. The minimum absolute atomic E-state index is 0.216. The number of morpholine rings is 1. The maximum absolute atomic E-state index is 14.2. The van der Waals surface area contributed by atoms with Gasteiger partial charge in [-0.15, -0.1) is 0 Å². The molecule has 0 saturated carbocycles. The number of benzodiazepines with no additional fused rings is 1. The molecule has 0 bridgehead atoms. The van der Waals surface area contributed by atoms with Crippen molar-refractivity contribution in [1.82, 2.24) is 9.80 Å². The topological polar surface area (TPSA) is 97.8 Å². The zero-order chi connectivity index (χ0) is 28.8. The van der Waals surface area contributed by atoms with E-state index < -0.39 is 18.1 Å². The smallest absolute Gasteiger partial charge is 0.323 e. The number of nitrogens with one attached hydrogen (secondary N) is 1. The summed E-state index contributed by atoms with van der Waals surface area (Å²) in [6.07, 6.45) is -1.18. The van der Waals surface area contributed by atoms with Crippen LogP contribution in [0.5, 0.6) is 0 Å². The van der Waals surface area contributed by atoms with Gasteiger partial charge in [0.05, 0.1) is 24.6 Å². The molecule has 1 N–H and O–H groups in total. The van der Waals surface area contributed by atoms with E-state index in [1.807, 2.05) is 72.8 Å². The number of anilines is 3. The van der Waals surface area contributed by atoms with E-state index in [9.17, 15) is 14.4 Å². The lowest BCUT2D eigenvalue weighted by atomic mass is 10.1. The van der Waals surface area contributed by atoms with Crippen molar-refractivity contribution in [1.29, 1.82) is 0 Å². The van der Waals surface area contributed by atoms with Gasteiger partial charge in [0.15, 0.2) is 0 Å². The molecule has 3 aromatic rings. The maximum atomic E-state index is 14.2. The van der Waals surface area contributed by atoms with Crippen molar-refractivity contribution in [3.63, 3.8) is 0 Å². The van der Waals surface area contributed by atoms with Crippen LogP contribution >= 0.6 is 0 Å². The quantitative estimate of drug-likeness (QED) is 0.483. The molecule has 3 aromatic carbocycles. The van der Waals surface area contributed by atoms with Gasteiger partial charge in [0.1, 0.15) is 6.54 Å². The molecule has 212 valence electrons. The van der Waals surface area contributed by atoms with Gasteiger partial charge in [-0.25, -0.2) is 4.79 Å². The standard InChI is InChI=1S/C31H34N6O4/c1-34(24-13-7-4-8-14-24)28(38)22-37-27-16-10-9-15-25(27)26(21-36-17-19-41-20-18-36)33-29(30(37)39)35(2)31(40)32-23-11-5-3-6-12-23/h3-16,29H,17-22H2,1-2H3,(H,32,40). The Morgan fingerprint density at radius 2 is 1.56 bits per heavy atom. The number of fused-ring (bicyclic) bond motifs is 1. The van der Waals surface area contributed by atoms with Crippen LogP contribution in [0.2, 0.25) is 0 Å². The number of rotatable bonds is 7. The Hall–Kier alpha value is -4.54. The largest absolute Gasteiger partial charge is 0.379 e. The monoisotopic (exact) mass is 554 g/mol.